The van der Waals surface area contributed by atoms with Crippen LogP contribution in [0, 0.1) is 0 Å². The molecule has 4 nitrogen and oxygen atoms in total. The van der Waals surface area contributed by atoms with Gasteiger partial charge in [0.25, 0.3) is 0 Å². The van der Waals surface area contributed by atoms with E-state index in [-0.39, 0.29) is 12.3 Å². The highest BCUT2D eigenvalue weighted by molar-refractivity contribution is 5.77. The predicted molar refractivity (Wildman–Crippen MR) is 49.3 cm³/mol. The monoisotopic (exact) mass is 185 g/mol. The highest BCUT2D eigenvalue weighted by Gasteiger charge is 1.98. The summed E-state index contributed by atoms with van der Waals surface area (Å²) in [6, 6.07) is 0. The molecule has 13 heavy (non-hydrogen) atoms. The number of hydrogen-bond donors (Lipinski definition) is 2. The first-order valence-corrected chi connectivity index (χ1v) is 4.26. The van der Waals surface area contributed by atoms with Crippen molar-refractivity contribution in [2.24, 2.45) is 0 Å². The van der Waals surface area contributed by atoms with Crippen molar-refractivity contribution < 1.29 is 14.7 Å². The number of carbonyl (C=O) groups excluding carboxylic acids is 1. The minimum atomic E-state index is -0.794. The van der Waals surface area contributed by atoms with Gasteiger partial charge in [0.05, 0.1) is 0 Å². The second kappa shape index (κ2) is 7.34. The van der Waals surface area contributed by atoms with Crippen LogP contribution in [-0.2, 0) is 9.59 Å². The highest BCUT2D eigenvalue weighted by atomic mass is 16.4. The first-order chi connectivity index (χ1) is 6.16. The molecule has 0 aromatic carbocycles. The van der Waals surface area contributed by atoms with Gasteiger partial charge in [-0.15, -0.1) is 6.58 Å². The topological polar surface area (TPSA) is 66.4 Å². The van der Waals surface area contributed by atoms with Crippen molar-refractivity contribution in [2.75, 3.05) is 6.54 Å². The summed E-state index contributed by atoms with van der Waals surface area (Å²) in [4.78, 5) is 20.9. The predicted octanol–water partition coefficient (Wildman–Crippen LogP) is 0.934. The summed E-state index contributed by atoms with van der Waals surface area (Å²) in [5, 5.41) is 11.0. The normalized spacial score (nSPS) is 9.23. The van der Waals surface area contributed by atoms with Crippen LogP contribution < -0.4 is 5.32 Å². The number of amides is 1. The van der Waals surface area contributed by atoms with Gasteiger partial charge in [-0.1, -0.05) is 6.08 Å². The maximum absolute atomic E-state index is 10.8. The van der Waals surface area contributed by atoms with Gasteiger partial charge < -0.3 is 10.4 Å². The lowest BCUT2D eigenvalue weighted by Crippen LogP contribution is -2.23. The first kappa shape index (κ1) is 11.7. The van der Waals surface area contributed by atoms with Gasteiger partial charge in [-0.3, -0.25) is 9.59 Å². The third-order valence-electron chi connectivity index (χ3n) is 1.47. The van der Waals surface area contributed by atoms with Gasteiger partial charge in [0.15, 0.2) is 0 Å². The molecule has 0 radical (unpaired) electrons. The molecule has 0 bridgehead atoms. The average Bonchev–Trinajstić information content (AvgIpc) is 2.03. The number of carboxylic acids is 1. The Morgan fingerprint density at radius 1 is 1.38 bits per heavy atom. The molecule has 0 heterocycles. The van der Waals surface area contributed by atoms with Gasteiger partial charge in [-0.05, 0) is 12.8 Å². The summed E-state index contributed by atoms with van der Waals surface area (Å²) in [5.74, 6) is -0.859. The Labute approximate surface area is 77.6 Å². The Hall–Kier alpha value is -1.32. The van der Waals surface area contributed by atoms with Crippen LogP contribution in [0.5, 0.6) is 0 Å². The van der Waals surface area contributed by atoms with Crippen LogP contribution in [0.3, 0.4) is 0 Å². The fourth-order valence-corrected chi connectivity index (χ4v) is 0.832. The van der Waals surface area contributed by atoms with Crippen LogP contribution in [0.4, 0.5) is 0 Å². The zero-order valence-electron chi connectivity index (χ0n) is 7.58. The van der Waals surface area contributed by atoms with Gasteiger partial charge in [0, 0.05) is 19.4 Å². The van der Waals surface area contributed by atoms with Crippen LogP contribution in [-0.4, -0.2) is 23.5 Å². The van der Waals surface area contributed by atoms with Crippen LogP contribution in [0.2, 0.25) is 0 Å². The summed E-state index contributed by atoms with van der Waals surface area (Å²) in [5.41, 5.74) is 0. The SMILES string of the molecule is C=CCC(=O)NCCCCC(=O)O. The Morgan fingerprint density at radius 3 is 2.62 bits per heavy atom. The van der Waals surface area contributed by atoms with Gasteiger partial charge in [-0.25, -0.2) is 0 Å². The minimum absolute atomic E-state index is 0.0645. The van der Waals surface area contributed by atoms with Crippen LogP contribution in [0.1, 0.15) is 25.7 Å². The van der Waals surface area contributed by atoms with E-state index in [0.29, 0.717) is 25.8 Å². The third kappa shape index (κ3) is 8.59. The van der Waals surface area contributed by atoms with E-state index in [4.69, 9.17) is 5.11 Å². The minimum Gasteiger partial charge on any atom is -0.481 e. The number of nitrogens with one attached hydrogen (secondary N) is 1. The molecule has 1 amide bonds. The molecule has 0 rings (SSSR count). The van der Waals surface area contributed by atoms with Crippen molar-refractivity contribution in [1.29, 1.82) is 0 Å². The van der Waals surface area contributed by atoms with E-state index in [9.17, 15) is 9.59 Å². The van der Waals surface area contributed by atoms with Gasteiger partial charge >= 0.3 is 5.97 Å². The first-order valence-electron chi connectivity index (χ1n) is 4.26. The van der Waals surface area contributed by atoms with Crippen molar-refractivity contribution in [3.05, 3.63) is 12.7 Å². The van der Waals surface area contributed by atoms with Crippen LogP contribution in [0.15, 0.2) is 12.7 Å². The van der Waals surface area contributed by atoms with E-state index in [0.717, 1.165) is 0 Å². The average molecular weight is 185 g/mol. The summed E-state index contributed by atoms with van der Waals surface area (Å²) >= 11 is 0. The Balaban J connectivity index is 3.20. The lowest BCUT2D eigenvalue weighted by Gasteiger charge is -2.01. The fraction of sp³-hybridized carbons (Fsp3) is 0.556. The van der Waals surface area contributed by atoms with Gasteiger partial charge in [0.1, 0.15) is 0 Å². The smallest absolute Gasteiger partial charge is 0.303 e. The largest absolute Gasteiger partial charge is 0.481 e. The molecule has 0 aliphatic rings. The lowest BCUT2D eigenvalue weighted by molar-refractivity contribution is -0.137. The Morgan fingerprint density at radius 2 is 2.08 bits per heavy atom. The molecule has 4 heteroatoms. The molecule has 0 saturated carbocycles. The third-order valence-corrected chi connectivity index (χ3v) is 1.47. The maximum Gasteiger partial charge on any atom is 0.303 e. The zero-order valence-corrected chi connectivity index (χ0v) is 7.58. The number of rotatable bonds is 7. The molecular weight excluding hydrogens is 170 g/mol. The van der Waals surface area contributed by atoms with E-state index in [1.807, 2.05) is 0 Å². The van der Waals surface area contributed by atoms with E-state index < -0.39 is 5.97 Å². The molecule has 2 N–H and O–H groups in total. The quantitative estimate of drug-likeness (QED) is 0.458. The van der Waals surface area contributed by atoms with Gasteiger partial charge in [0.2, 0.25) is 5.91 Å². The van der Waals surface area contributed by atoms with E-state index in [2.05, 4.69) is 11.9 Å². The molecule has 0 aromatic heterocycles. The number of carboxylic acid groups (broad SMARTS) is 1. The summed E-state index contributed by atoms with van der Waals surface area (Å²) < 4.78 is 0. The zero-order chi connectivity index (χ0) is 10.1. The molecule has 0 spiro atoms. The van der Waals surface area contributed by atoms with Crippen molar-refractivity contribution in [2.45, 2.75) is 25.7 Å². The molecule has 0 unspecified atom stereocenters. The summed E-state index contributed by atoms with van der Waals surface area (Å²) in [7, 11) is 0. The number of carbonyl (C=O) groups is 2. The molecule has 0 atom stereocenters. The fourth-order valence-electron chi connectivity index (χ4n) is 0.832. The summed E-state index contributed by atoms with van der Waals surface area (Å²) in [6.45, 7) is 3.97. The highest BCUT2D eigenvalue weighted by Crippen LogP contribution is 1.93. The number of unbranched alkanes of at least 4 members (excludes halogenated alkanes) is 1. The van der Waals surface area contributed by atoms with E-state index >= 15 is 0 Å². The van der Waals surface area contributed by atoms with E-state index in [1.165, 1.54) is 6.08 Å². The van der Waals surface area contributed by atoms with Crippen molar-refractivity contribution in [3.8, 4) is 0 Å². The van der Waals surface area contributed by atoms with Gasteiger partial charge in [-0.2, -0.15) is 0 Å². The van der Waals surface area contributed by atoms with Crippen molar-refractivity contribution in [3.63, 3.8) is 0 Å². The second-order valence-electron chi connectivity index (χ2n) is 2.69. The molecule has 0 aliphatic heterocycles. The molecule has 0 saturated heterocycles. The van der Waals surface area contributed by atoms with E-state index in [1.54, 1.807) is 0 Å². The second-order valence-corrected chi connectivity index (χ2v) is 2.69. The Kier molecular flexibility index (Phi) is 6.59. The number of aliphatic carboxylic acids is 1. The standard InChI is InChI=1S/C9H15NO3/c1-2-5-8(11)10-7-4-3-6-9(12)13/h2H,1,3-7H2,(H,10,11)(H,12,13). The molecule has 74 valence electrons. The lowest BCUT2D eigenvalue weighted by atomic mass is 10.2. The molecule has 0 aromatic rings. The van der Waals surface area contributed by atoms with Crippen molar-refractivity contribution in [1.82, 2.24) is 5.32 Å². The van der Waals surface area contributed by atoms with Crippen molar-refractivity contribution >= 4 is 11.9 Å². The molecule has 0 aliphatic carbocycles. The Bertz CT molecular complexity index is 189. The summed E-state index contributed by atoms with van der Waals surface area (Å²) in [6.07, 6.45) is 3.32. The van der Waals surface area contributed by atoms with Crippen LogP contribution in [0.25, 0.3) is 0 Å². The number of hydrogen-bond acceptors (Lipinski definition) is 2. The molecule has 0 fully saturated rings. The maximum atomic E-state index is 10.8. The van der Waals surface area contributed by atoms with Crippen LogP contribution >= 0.6 is 0 Å². The molecular formula is C9H15NO3.